The zero-order valence-corrected chi connectivity index (χ0v) is 31.4. The molecule has 8 aromatic carbocycles. The normalized spacial score (nSPS) is 11.9. The molecule has 0 saturated heterocycles. The van der Waals surface area contributed by atoms with Crippen LogP contribution < -0.4 is 0 Å². The van der Waals surface area contributed by atoms with Gasteiger partial charge in [0.2, 0.25) is 0 Å². The Hall–Kier alpha value is -7.41. The lowest BCUT2D eigenvalue weighted by molar-refractivity contribution is 1.07. The van der Waals surface area contributed by atoms with E-state index >= 15 is 0 Å². The maximum atomic E-state index is 5.00. The Bertz CT molecular complexity index is 3450. The van der Waals surface area contributed by atoms with E-state index in [0.29, 0.717) is 17.5 Å². The molecule has 0 aliphatic rings. The van der Waals surface area contributed by atoms with Crippen LogP contribution in [0, 0.1) is 0 Å². The number of aromatic nitrogens is 5. The van der Waals surface area contributed by atoms with Crippen molar-refractivity contribution in [3.05, 3.63) is 188 Å². The van der Waals surface area contributed by atoms with Crippen LogP contribution in [-0.2, 0) is 0 Å². The van der Waals surface area contributed by atoms with Gasteiger partial charge >= 0.3 is 0 Å². The Labute approximate surface area is 331 Å². The summed E-state index contributed by atoms with van der Waals surface area (Å²) in [5.74, 6) is 1.98. The van der Waals surface area contributed by atoms with Crippen molar-refractivity contribution in [3.63, 3.8) is 0 Å². The SMILES string of the molecule is c1ccc(-c2nc(-c3ccccc3)nc(-c3ccc4c(c3)sc3cc(-n5c6ccccc6c6cc7c8ccccc8n(-c8ccccc8)c7cc65)ccc34)n2)cc1. The van der Waals surface area contributed by atoms with E-state index in [4.69, 9.17) is 15.0 Å². The molecule has 57 heavy (non-hydrogen) atoms. The maximum Gasteiger partial charge on any atom is 0.164 e. The van der Waals surface area contributed by atoms with E-state index in [1.54, 1.807) is 0 Å². The quantitative estimate of drug-likeness (QED) is 0.176. The van der Waals surface area contributed by atoms with Gasteiger partial charge in [-0.3, -0.25) is 0 Å². The fraction of sp³-hybridized carbons (Fsp3) is 0. The van der Waals surface area contributed by atoms with Crippen LogP contribution in [0.3, 0.4) is 0 Å². The second-order valence-electron chi connectivity index (χ2n) is 14.5. The topological polar surface area (TPSA) is 48.5 Å². The zero-order chi connectivity index (χ0) is 37.5. The first-order valence-corrected chi connectivity index (χ1v) is 19.9. The average molecular weight is 746 g/mol. The second-order valence-corrected chi connectivity index (χ2v) is 15.5. The summed E-state index contributed by atoms with van der Waals surface area (Å²) in [6, 6.07) is 66.8. The molecule has 0 amide bonds. The summed E-state index contributed by atoms with van der Waals surface area (Å²) >= 11 is 1.81. The van der Waals surface area contributed by atoms with Gasteiger partial charge in [0.25, 0.3) is 0 Å². The van der Waals surface area contributed by atoms with Crippen LogP contribution in [0.5, 0.6) is 0 Å². The van der Waals surface area contributed by atoms with Crippen molar-refractivity contribution >= 4 is 75.1 Å². The molecule has 0 atom stereocenters. The zero-order valence-electron chi connectivity index (χ0n) is 30.5. The Morgan fingerprint density at radius 3 is 1.37 bits per heavy atom. The molecule has 4 heterocycles. The number of para-hydroxylation sites is 3. The van der Waals surface area contributed by atoms with Gasteiger partial charge in [0.1, 0.15) is 0 Å². The van der Waals surface area contributed by atoms with Gasteiger partial charge in [-0.05, 0) is 54.6 Å². The monoisotopic (exact) mass is 745 g/mol. The summed E-state index contributed by atoms with van der Waals surface area (Å²) in [5.41, 5.74) is 9.95. The standard InChI is InChI=1S/C51H31N5S/c1-4-14-32(15-5-1)49-52-50(33-16-6-2-7-17-33)54-51(53-49)34-24-26-39-40-27-25-36(29-48(40)57-47(39)28-34)56-44-23-13-11-21-38(44)42-30-41-37-20-10-12-22-43(37)55(45(41)31-46(42)56)35-18-8-3-9-19-35/h1-31H. The molecule has 0 saturated carbocycles. The van der Waals surface area contributed by atoms with Crippen LogP contribution in [0.25, 0.3) is 109 Å². The lowest BCUT2D eigenvalue weighted by atomic mass is 10.1. The molecule has 0 aliphatic carbocycles. The van der Waals surface area contributed by atoms with Crippen molar-refractivity contribution in [2.45, 2.75) is 0 Å². The lowest BCUT2D eigenvalue weighted by Gasteiger charge is -2.10. The van der Waals surface area contributed by atoms with Crippen LogP contribution in [0.1, 0.15) is 0 Å². The molecule has 6 heteroatoms. The van der Waals surface area contributed by atoms with Crippen molar-refractivity contribution in [1.82, 2.24) is 24.1 Å². The summed E-state index contributed by atoms with van der Waals surface area (Å²) < 4.78 is 7.26. The molecule has 5 nitrogen and oxygen atoms in total. The first-order valence-electron chi connectivity index (χ1n) is 19.1. The molecule has 12 rings (SSSR count). The van der Waals surface area contributed by atoms with Crippen LogP contribution in [0.15, 0.2) is 188 Å². The van der Waals surface area contributed by atoms with Gasteiger partial charge in [0.05, 0.1) is 22.1 Å². The molecule has 0 aliphatic heterocycles. The van der Waals surface area contributed by atoms with Gasteiger partial charge in [-0.1, -0.05) is 133 Å². The summed E-state index contributed by atoms with van der Waals surface area (Å²) in [7, 11) is 0. The number of hydrogen-bond acceptors (Lipinski definition) is 4. The summed E-state index contributed by atoms with van der Waals surface area (Å²) in [4.78, 5) is 14.9. The molecule has 0 radical (unpaired) electrons. The Morgan fingerprint density at radius 2 is 0.772 bits per heavy atom. The number of hydrogen-bond donors (Lipinski definition) is 0. The Kier molecular flexibility index (Phi) is 7.03. The number of benzene rings is 8. The largest absolute Gasteiger partial charge is 0.309 e. The van der Waals surface area contributed by atoms with Gasteiger partial charge in [0.15, 0.2) is 17.5 Å². The van der Waals surface area contributed by atoms with Crippen molar-refractivity contribution in [2.24, 2.45) is 0 Å². The van der Waals surface area contributed by atoms with E-state index in [9.17, 15) is 0 Å². The molecule has 0 bridgehead atoms. The first-order chi connectivity index (χ1) is 28.2. The van der Waals surface area contributed by atoms with E-state index in [1.165, 1.54) is 63.8 Å². The third-order valence-electron chi connectivity index (χ3n) is 11.2. The molecular formula is C51H31N5S. The third kappa shape index (κ3) is 5.04. The van der Waals surface area contributed by atoms with Crippen LogP contribution in [-0.4, -0.2) is 24.1 Å². The van der Waals surface area contributed by atoms with Crippen molar-refractivity contribution in [2.75, 3.05) is 0 Å². The molecule has 266 valence electrons. The minimum atomic E-state index is 0.660. The number of thiophene rings is 1. The number of nitrogens with zero attached hydrogens (tertiary/aromatic N) is 5. The molecule has 0 fully saturated rings. The van der Waals surface area contributed by atoms with E-state index in [1.807, 2.05) is 72.0 Å². The second kappa shape index (κ2) is 12.6. The van der Waals surface area contributed by atoms with E-state index in [2.05, 4.69) is 137 Å². The average Bonchev–Trinajstić information content (AvgIpc) is 3.92. The Balaban J connectivity index is 1.03. The Morgan fingerprint density at radius 1 is 0.298 bits per heavy atom. The van der Waals surface area contributed by atoms with Gasteiger partial charge in [-0.2, -0.15) is 0 Å². The predicted octanol–water partition coefficient (Wildman–Crippen LogP) is 13.4. The predicted molar refractivity (Wildman–Crippen MR) is 238 cm³/mol. The lowest BCUT2D eigenvalue weighted by Crippen LogP contribution is -1.99. The highest BCUT2D eigenvalue weighted by molar-refractivity contribution is 7.25. The molecule has 0 spiro atoms. The minimum absolute atomic E-state index is 0.660. The molecule has 0 unspecified atom stereocenters. The van der Waals surface area contributed by atoms with Crippen molar-refractivity contribution in [1.29, 1.82) is 0 Å². The highest BCUT2D eigenvalue weighted by Gasteiger charge is 2.19. The van der Waals surface area contributed by atoms with Crippen LogP contribution >= 0.6 is 11.3 Å². The van der Waals surface area contributed by atoms with Gasteiger partial charge in [0, 0.05) is 69.8 Å². The van der Waals surface area contributed by atoms with E-state index in [0.717, 1.165) is 28.1 Å². The smallest absolute Gasteiger partial charge is 0.164 e. The highest BCUT2D eigenvalue weighted by atomic mass is 32.1. The van der Waals surface area contributed by atoms with Gasteiger partial charge < -0.3 is 9.13 Å². The fourth-order valence-electron chi connectivity index (χ4n) is 8.55. The van der Waals surface area contributed by atoms with E-state index in [-0.39, 0.29) is 0 Å². The summed E-state index contributed by atoms with van der Waals surface area (Å²) in [5, 5.41) is 7.47. The summed E-state index contributed by atoms with van der Waals surface area (Å²) in [6.07, 6.45) is 0. The highest BCUT2D eigenvalue weighted by Crippen LogP contribution is 2.42. The fourth-order valence-corrected chi connectivity index (χ4v) is 9.72. The molecule has 4 aromatic heterocycles. The summed E-state index contributed by atoms with van der Waals surface area (Å²) in [6.45, 7) is 0. The molecule has 0 N–H and O–H groups in total. The minimum Gasteiger partial charge on any atom is -0.309 e. The van der Waals surface area contributed by atoms with Crippen molar-refractivity contribution < 1.29 is 0 Å². The number of fused-ring (bicyclic) bond motifs is 9. The van der Waals surface area contributed by atoms with Crippen LogP contribution in [0.4, 0.5) is 0 Å². The van der Waals surface area contributed by atoms with Crippen LogP contribution in [0.2, 0.25) is 0 Å². The van der Waals surface area contributed by atoms with E-state index < -0.39 is 0 Å². The molecular weight excluding hydrogens is 715 g/mol. The van der Waals surface area contributed by atoms with Gasteiger partial charge in [-0.25, -0.2) is 15.0 Å². The van der Waals surface area contributed by atoms with Gasteiger partial charge in [-0.15, -0.1) is 11.3 Å². The third-order valence-corrected chi connectivity index (χ3v) is 12.3. The molecule has 12 aromatic rings. The van der Waals surface area contributed by atoms with Crippen molar-refractivity contribution in [3.8, 4) is 45.5 Å². The maximum absolute atomic E-state index is 5.00. The first kappa shape index (κ1) is 31.9. The number of rotatable bonds is 5.